The standard InChI is InChI=1S/C19H23N3O4S/c1-13-6-5-7-17(14(13)2)21-27(25,26)16-10-8-15(9-11-16)19(24)20-12-18(23)22(3)4/h5-11,21H,12H2,1-4H3,(H,20,24). The first-order valence-corrected chi connectivity index (χ1v) is 9.77. The van der Waals surface area contributed by atoms with Gasteiger partial charge in [0.15, 0.2) is 0 Å². The zero-order valence-corrected chi connectivity index (χ0v) is 16.6. The second kappa shape index (κ2) is 8.22. The number of rotatable bonds is 6. The first-order chi connectivity index (χ1) is 12.6. The number of sulfonamides is 1. The van der Waals surface area contributed by atoms with E-state index in [1.54, 1.807) is 26.2 Å². The molecule has 0 aromatic heterocycles. The summed E-state index contributed by atoms with van der Waals surface area (Å²) in [7, 11) is -0.586. The van der Waals surface area contributed by atoms with E-state index in [1.807, 2.05) is 19.9 Å². The van der Waals surface area contributed by atoms with E-state index < -0.39 is 15.9 Å². The van der Waals surface area contributed by atoms with Gasteiger partial charge in [0, 0.05) is 19.7 Å². The van der Waals surface area contributed by atoms with Gasteiger partial charge in [0.1, 0.15) is 0 Å². The maximum atomic E-state index is 12.6. The average Bonchev–Trinajstić information content (AvgIpc) is 2.63. The van der Waals surface area contributed by atoms with Gasteiger partial charge in [-0.05, 0) is 55.3 Å². The lowest BCUT2D eigenvalue weighted by molar-refractivity contribution is -0.127. The van der Waals surface area contributed by atoms with Crippen LogP contribution >= 0.6 is 0 Å². The normalized spacial score (nSPS) is 11.0. The minimum Gasteiger partial charge on any atom is -0.347 e. The Hall–Kier alpha value is -2.87. The summed E-state index contributed by atoms with van der Waals surface area (Å²) in [4.78, 5) is 25.0. The molecule has 27 heavy (non-hydrogen) atoms. The molecule has 0 atom stereocenters. The van der Waals surface area contributed by atoms with Gasteiger partial charge in [-0.15, -0.1) is 0 Å². The van der Waals surface area contributed by atoms with Crippen LogP contribution in [0.15, 0.2) is 47.4 Å². The van der Waals surface area contributed by atoms with E-state index in [-0.39, 0.29) is 22.9 Å². The van der Waals surface area contributed by atoms with Gasteiger partial charge in [0.25, 0.3) is 15.9 Å². The number of aryl methyl sites for hydroxylation is 1. The van der Waals surface area contributed by atoms with Crippen molar-refractivity contribution in [2.75, 3.05) is 25.4 Å². The highest BCUT2D eigenvalue weighted by Gasteiger charge is 2.17. The summed E-state index contributed by atoms with van der Waals surface area (Å²) in [5.74, 6) is -0.683. The van der Waals surface area contributed by atoms with Crippen molar-refractivity contribution in [2.24, 2.45) is 0 Å². The van der Waals surface area contributed by atoms with Crippen LogP contribution in [0.3, 0.4) is 0 Å². The Balaban J connectivity index is 2.12. The molecule has 0 saturated carbocycles. The van der Waals surface area contributed by atoms with Crippen LogP contribution in [0.2, 0.25) is 0 Å². The molecule has 2 aromatic rings. The lowest BCUT2D eigenvalue weighted by Crippen LogP contribution is -2.36. The van der Waals surface area contributed by atoms with E-state index in [4.69, 9.17) is 0 Å². The van der Waals surface area contributed by atoms with Crippen LogP contribution < -0.4 is 10.0 Å². The quantitative estimate of drug-likeness (QED) is 0.789. The largest absolute Gasteiger partial charge is 0.347 e. The highest BCUT2D eigenvalue weighted by Crippen LogP contribution is 2.22. The number of nitrogens with one attached hydrogen (secondary N) is 2. The smallest absolute Gasteiger partial charge is 0.261 e. The second-order valence-corrected chi connectivity index (χ2v) is 8.03. The Morgan fingerprint density at radius 3 is 2.22 bits per heavy atom. The van der Waals surface area contributed by atoms with Gasteiger partial charge in [-0.1, -0.05) is 12.1 Å². The number of nitrogens with zero attached hydrogens (tertiary/aromatic N) is 1. The molecule has 2 amide bonds. The van der Waals surface area contributed by atoms with Crippen molar-refractivity contribution in [3.8, 4) is 0 Å². The van der Waals surface area contributed by atoms with Crippen LogP contribution in [0.5, 0.6) is 0 Å². The highest BCUT2D eigenvalue weighted by molar-refractivity contribution is 7.92. The molecule has 0 aliphatic rings. The monoisotopic (exact) mass is 389 g/mol. The molecule has 0 heterocycles. The van der Waals surface area contributed by atoms with E-state index in [0.717, 1.165) is 11.1 Å². The topological polar surface area (TPSA) is 95.6 Å². The number of hydrogen-bond acceptors (Lipinski definition) is 4. The molecule has 144 valence electrons. The number of amides is 2. The van der Waals surface area contributed by atoms with Gasteiger partial charge in [-0.25, -0.2) is 8.42 Å². The number of benzene rings is 2. The highest BCUT2D eigenvalue weighted by atomic mass is 32.2. The van der Waals surface area contributed by atoms with E-state index in [1.165, 1.54) is 29.2 Å². The maximum absolute atomic E-state index is 12.6. The number of carbonyl (C=O) groups is 2. The Labute approximate surface area is 159 Å². The third kappa shape index (κ3) is 5.07. The van der Waals surface area contributed by atoms with Gasteiger partial charge in [0.05, 0.1) is 17.1 Å². The second-order valence-electron chi connectivity index (χ2n) is 6.35. The molecule has 0 fully saturated rings. The molecule has 0 spiro atoms. The first kappa shape index (κ1) is 20.4. The van der Waals surface area contributed by atoms with E-state index in [9.17, 15) is 18.0 Å². The minimum absolute atomic E-state index is 0.0457. The van der Waals surface area contributed by atoms with Gasteiger partial charge < -0.3 is 10.2 Å². The lowest BCUT2D eigenvalue weighted by atomic mass is 10.1. The van der Waals surface area contributed by atoms with E-state index in [0.29, 0.717) is 5.69 Å². The van der Waals surface area contributed by atoms with E-state index >= 15 is 0 Å². The first-order valence-electron chi connectivity index (χ1n) is 8.29. The Morgan fingerprint density at radius 1 is 1.00 bits per heavy atom. The summed E-state index contributed by atoms with van der Waals surface area (Å²) in [6, 6.07) is 10.9. The molecule has 0 aliphatic heterocycles. The molecule has 7 nitrogen and oxygen atoms in total. The summed E-state index contributed by atoms with van der Waals surface area (Å²) < 4.78 is 27.7. The third-order valence-corrected chi connectivity index (χ3v) is 5.56. The summed E-state index contributed by atoms with van der Waals surface area (Å²) in [5.41, 5.74) is 2.61. The molecule has 0 bridgehead atoms. The lowest BCUT2D eigenvalue weighted by Gasteiger charge is -2.13. The number of hydrogen-bond donors (Lipinski definition) is 2. The number of anilines is 1. The molecule has 0 aliphatic carbocycles. The van der Waals surface area contributed by atoms with Gasteiger partial charge >= 0.3 is 0 Å². The SMILES string of the molecule is Cc1cccc(NS(=O)(=O)c2ccc(C(=O)NCC(=O)N(C)C)cc2)c1C. The molecule has 0 unspecified atom stereocenters. The predicted molar refractivity (Wildman–Crippen MR) is 104 cm³/mol. The van der Waals surface area contributed by atoms with Crippen molar-refractivity contribution in [3.05, 3.63) is 59.2 Å². The van der Waals surface area contributed by atoms with Gasteiger partial charge in [-0.2, -0.15) is 0 Å². The maximum Gasteiger partial charge on any atom is 0.261 e. The summed E-state index contributed by atoms with van der Waals surface area (Å²) >= 11 is 0. The van der Waals surface area contributed by atoms with Crippen molar-refractivity contribution in [1.82, 2.24) is 10.2 Å². The van der Waals surface area contributed by atoms with Crippen LogP contribution in [-0.4, -0.2) is 45.8 Å². The van der Waals surface area contributed by atoms with Crippen LogP contribution in [0.4, 0.5) is 5.69 Å². The Bertz CT molecular complexity index is 951. The summed E-state index contributed by atoms with van der Waals surface area (Å²) in [5, 5.41) is 2.50. The fourth-order valence-corrected chi connectivity index (χ4v) is 3.39. The summed E-state index contributed by atoms with van der Waals surface area (Å²) in [6.07, 6.45) is 0. The van der Waals surface area contributed by atoms with Crippen molar-refractivity contribution in [3.63, 3.8) is 0 Å². The van der Waals surface area contributed by atoms with Crippen LogP contribution in [0.25, 0.3) is 0 Å². The third-order valence-electron chi connectivity index (χ3n) is 4.17. The fraction of sp³-hybridized carbons (Fsp3) is 0.263. The molecule has 2 rings (SSSR count). The molecule has 2 N–H and O–H groups in total. The molecule has 8 heteroatoms. The zero-order valence-electron chi connectivity index (χ0n) is 15.7. The zero-order chi connectivity index (χ0) is 20.2. The Morgan fingerprint density at radius 2 is 1.63 bits per heavy atom. The molecule has 0 radical (unpaired) electrons. The Kier molecular flexibility index (Phi) is 6.22. The number of likely N-dealkylation sites (N-methyl/N-ethyl adjacent to an activating group) is 1. The van der Waals surface area contributed by atoms with Gasteiger partial charge in [0.2, 0.25) is 5.91 Å². The van der Waals surface area contributed by atoms with Crippen LogP contribution in [0.1, 0.15) is 21.5 Å². The summed E-state index contributed by atoms with van der Waals surface area (Å²) in [6.45, 7) is 3.62. The fourth-order valence-electron chi connectivity index (χ4n) is 2.27. The molecule has 2 aromatic carbocycles. The van der Waals surface area contributed by atoms with Crippen LogP contribution in [0, 0.1) is 13.8 Å². The molecular formula is C19H23N3O4S. The van der Waals surface area contributed by atoms with Crippen molar-refractivity contribution in [1.29, 1.82) is 0 Å². The minimum atomic E-state index is -3.77. The molecular weight excluding hydrogens is 366 g/mol. The van der Waals surface area contributed by atoms with Crippen molar-refractivity contribution in [2.45, 2.75) is 18.7 Å². The van der Waals surface area contributed by atoms with Crippen LogP contribution in [-0.2, 0) is 14.8 Å². The van der Waals surface area contributed by atoms with Crippen molar-refractivity contribution < 1.29 is 18.0 Å². The van der Waals surface area contributed by atoms with Gasteiger partial charge in [-0.3, -0.25) is 14.3 Å². The van der Waals surface area contributed by atoms with Crippen molar-refractivity contribution >= 4 is 27.5 Å². The van der Waals surface area contributed by atoms with E-state index in [2.05, 4.69) is 10.0 Å². The number of carbonyl (C=O) groups excluding carboxylic acids is 2. The average molecular weight is 389 g/mol. The molecule has 0 saturated heterocycles. The predicted octanol–water partition coefficient (Wildman–Crippen LogP) is 1.92.